The summed E-state index contributed by atoms with van der Waals surface area (Å²) in [5.41, 5.74) is 2.51. The van der Waals surface area contributed by atoms with Crippen molar-refractivity contribution in [1.29, 1.82) is 0 Å². The van der Waals surface area contributed by atoms with Crippen LogP contribution in [0, 0.1) is 0 Å². The highest BCUT2D eigenvalue weighted by molar-refractivity contribution is 5.45. The lowest BCUT2D eigenvalue weighted by atomic mass is 9.88. The molecule has 22 heavy (non-hydrogen) atoms. The molecule has 3 nitrogen and oxygen atoms in total. The topological polar surface area (TPSA) is 19.4 Å². The molecule has 0 aliphatic carbocycles. The first kappa shape index (κ1) is 17.2. The average Bonchev–Trinajstić information content (AvgIpc) is 2.47. The van der Waals surface area contributed by atoms with E-state index in [2.05, 4.69) is 73.7 Å². The van der Waals surface area contributed by atoms with Crippen LogP contribution in [0.5, 0.6) is 0 Å². The first-order valence-corrected chi connectivity index (χ1v) is 8.46. The highest BCUT2D eigenvalue weighted by Crippen LogP contribution is 2.21. The maximum absolute atomic E-state index is 4.55. The molecule has 1 aromatic rings. The van der Waals surface area contributed by atoms with Gasteiger partial charge >= 0.3 is 0 Å². The number of pyridine rings is 1. The van der Waals surface area contributed by atoms with Crippen LogP contribution in [0.1, 0.15) is 45.9 Å². The lowest BCUT2D eigenvalue weighted by molar-refractivity contribution is 0.117. The van der Waals surface area contributed by atoms with Gasteiger partial charge in [-0.1, -0.05) is 32.9 Å². The number of nitrogens with zero attached hydrogens (tertiary/aromatic N) is 3. The van der Waals surface area contributed by atoms with E-state index in [-0.39, 0.29) is 5.41 Å². The van der Waals surface area contributed by atoms with Gasteiger partial charge in [0.15, 0.2) is 0 Å². The summed E-state index contributed by atoms with van der Waals surface area (Å²) in [6.07, 6.45) is 6.38. The van der Waals surface area contributed by atoms with Crippen molar-refractivity contribution in [3.63, 3.8) is 0 Å². The van der Waals surface area contributed by atoms with E-state index in [1.165, 1.54) is 31.7 Å². The van der Waals surface area contributed by atoms with Gasteiger partial charge in [0.25, 0.3) is 0 Å². The van der Waals surface area contributed by atoms with Crippen LogP contribution in [-0.4, -0.2) is 53.5 Å². The molecule has 0 aromatic carbocycles. The van der Waals surface area contributed by atoms with Gasteiger partial charge in [-0.25, -0.2) is 0 Å². The minimum Gasteiger partial charge on any atom is -0.298 e. The fourth-order valence-electron chi connectivity index (χ4n) is 2.73. The van der Waals surface area contributed by atoms with Crippen molar-refractivity contribution in [2.24, 2.45) is 0 Å². The Hall–Kier alpha value is -1.19. The van der Waals surface area contributed by atoms with Crippen LogP contribution < -0.4 is 0 Å². The van der Waals surface area contributed by atoms with Crippen molar-refractivity contribution >= 4 is 6.08 Å². The van der Waals surface area contributed by atoms with Crippen molar-refractivity contribution in [2.45, 2.75) is 46.1 Å². The SMILES string of the molecule is CC(C)N1CCN(C/C=C/c2ccc(C(C)(C)C)cn2)CC1. The van der Waals surface area contributed by atoms with Crippen LogP contribution in [0.25, 0.3) is 6.08 Å². The van der Waals surface area contributed by atoms with Gasteiger partial charge in [-0.15, -0.1) is 0 Å². The molecule has 0 spiro atoms. The molecule has 3 heteroatoms. The van der Waals surface area contributed by atoms with Gasteiger partial charge in [-0.2, -0.15) is 0 Å². The summed E-state index contributed by atoms with van der Waals surface area (Å²) in [5, 5.41) is 0. The summed E-state index contributed by atoms with van der Waals surface area (Å²) < 4.78 is 0. The summed E-state index contributed by atoms with van der Waals surface area (Å²) in [6.45, 7) is 16.9. The molecule has 0 N–H and O–H groups in total. The van der Waals surface area contributed by atoms with Crippen molar-refractivity contribution in [3.8, 4) is 0 Å². The third kappa shape index (κ3) is 4.92. The van der Waals surface area contributed by atoms with E-state index < -0.39 is 0 Å². The van der Waals surface area contributed by atoms with Crippen molar-refractivity contribution < 1.29 is 0 Å². The smallest absolute Gasteiger partial charge is 0.0627 e. The van der Waals surface area contributed by atoms with E-state index in [1.807, 2.05) is 6.20 Å². The number of piperazine rings is 1. The molecule has 122 valence electrons. The van der Waals surface area contributed by atoms with Gasteiger partial charge in [0.05, 0.1) is 5.69 Å². The summed E-state index contributed by atoms with van der Waals surface area (Å²) in [4.78, 5) is 9.61. The van der Waals surface area contributed by atoms with Crippen LogP contribution in [0.15, 0.2) is 24.4 Å². The molecule has 1 aliphatic rings. The standard InChI is InChI=1S/C19H31N3/c1-16(2)22-13-11-21(12-14-22)10-6-7-18-9-8-17(15-20-18)19(3,4)5/h6-9,15-16H,10-14H2,1-5H3/b7-6+. The van der Waals surface area contributed by atoms with Crippen LogP contribution in [0.3, 0.4) is 0 Å². The molecule has 0 unspecified atom stereocenters. The minimum atomic E-state index is 0.172. The molecule has 0 amide bonds. The Kier molecular flexibility index (Phi) is 5.76. The Morgan fingerprint density at radius 3 is 2.32 bits per heavy atom. The largest absolute Gasteiger partial charge is 0.298 e. The summed E-state index contributed by atoms with van der Waals surface area (Å²) in [5.74, 6) is 0. The predicted molar refractivity (Wildman–Crippen MR) is 95.1 cm³/mol. The molecule has 2 rings (SSSR count). The van der Waals surface area contributed by atoms with Crippen molar-refractivity contribution in [2.75, 3.05) is 32.7 Å². The normalized spacial score (nSPS) is 18.5. The maximum atomic E-state index is 4.55. The Labute approximate surface area is 136 Å². The lowest BCUT2D eigenvalue weighted by Crippen LogP contribution is -2.48. The summed E-state index contributed by atoms with van der Waals surface area (Å²) in [6, 6.07) is 4.98. The zero-order valence-electron chi connectivity index (χ0n) is 14.8. The first-order valence-electron chi connectivity index (χ1n) is 8.46. The molecular formula is C19H31N3. The second-order valence-electron chi connectivity index (χ2n) is 7.55. The van der Waals surface area contributed by atoms with E-state index in [1.54, 1.807) is 0 Å². The van der Waals surface area contributed by atoms with Gasteiger partial charge < -0.3 is 0 Å². The quantitative estimate of drug-likeness (QED) is 0.849. The van der Waals surface area contributed by atoms with E-state index in [9.17, 15) is 0 Å². The van der Waals surface area contributed by atoms with Crippen LogP contribution in [-0.2, 0) is 5.41 Å². The van der Waals surface area contributed by atoms with E-state index in [0.29, 0.717) is 6.04 Å². The van der Waals surface area contributed by atoms with Gasteiger partial charge in [-0.3, -0.25) is 14.8 Å². The van der Waals surface area contributed by atoms with Gasteiger partial charge in [0.2, 0.25) is 0 Å². The zero-order chi connectivity index (χ0) is 16.2. The number of hydrogen-bond donors (Lipinski definition) is 0. The monoisotopic (exact) mass is 301 g/mol. The Morgan fingerprint density at radius 1 is 1.14 bits per heavy atom. The van der Waals surface area contributed by atoms with E-state index >= 15 is 0 Å². The highest BCUT2D eigenvalue weighted by Gasteiger charge is 2.17. The maximum Gasteiger partial charge on any atom is 0.0627 e. The van der Waals surface area contributed by atoms with Crippen LogP contribution in [0.4, 0.5) is 0 Å². The highest BCUT2D eigenvalue weighted by atomic mass is 15.3. The molecule has 0 bridgehead atoms. The van der Waals surface area contributed by atoms with Crippen LogP contribution in [0.2, 0.25) is 0 Å². The molecular weight excluding hydrogens is 270 g/mol. The van der Waals surface area contributed by atoms with E-state index in [4.69, 9.17) is 0 Å². The predicted octanol–water partition coefficient (Wildman–Crippen LogP) is 3.42. The molecule has 1 aliphatic heterocycles. The fraction of sp³-hybridized carbons (Fsp3) is 0.632. The third-order valence-corrected chi connectivity index (χ3v) is 4.44. The molecule has 0 atom stereocenters. The number of rotatable bonds is 4. The van der Waals surface area contributed by atoms with Gasteiger partial charge in [-0.05, 0) is 37.0 Å². The minimum absolute atomic E-state index is 0.172. The Balaban J connectivity index is 1.81. The van der Waals surface area contributed by atoms with Gasteiger partial charge in [0, 0.05) is 45.0 Å². The second-order valence-corrected chi connectivity index (χ2v) is 7.55. The second kappa shape index (κ2) is 7.38. The molecule has 1 aromatic heterocycles. The summed E-state index contributed by atoms with van der Waals surface area (Å²) >= 11 is 0. The zero-order valence-corrected chi connectivity index (χ0v) is 14.8. The Morgan fingerprint density at radius 2 is 1.82 bits per heavy atom. The van der Waals surface area contributed by atoms with Crippen LogP contribution >= 0.6 is 0 Å². The summed E-state index contributed by atoms with van der Waals surface area (Å²) in [7, 11) is 0. The van der Waals surface area contributed by atoms with Gasteiger partial charge in [0.1, 0.15) is 0 Å². The molecule has 0 saturated carbocycles. The average molecular weight is 301 g/mol. The first-order chi connectivity index (χ1) is 10.4. The fourth-order valence-corrected chi connectivity index (χ4v) is 2.73. The van der Waals surface area contributed by atoms with Crippen molar-refractivity contribution in [3.05, 3.63) is 35.7 Å². The molecule has 2 heterocycles. The molecule has 1 saturated heterocycles. The molecule has 0 radical (unpaired) electrons. The van der Waals surface area contributed by atoms with E-state index in [0.717, 1.165) is 12.2 Å². The number of aromatic nitrogens is 1. The molecule has 1 fully saturated rings. The Bertz CT molecular complexity index is 474. The third-order valence-electron chi connectivity index (χ3n) is 4.44. The number of hydrogen-bond acceptors (Lipinski definition) is 3. The van der Waals surface area contributed by atoms with Crippen molar-refractivity contribution in [1.82, 2.24) is 14.8 Å². The lowest BCUT2D eigenvalue weighted by Gasteiger charge is -2.36.